The first-order valence-electron chi connectivity index (χ1n) is 6.58. The summed E-state index contributed by atoms with van der Waals surface area (Å²) in [5.74, 6) is 0.319. The molecule has 0 saturated heterocycles. The molecule has 0 saturated carbocycles. The molecule has 0 unspecified atom stereocenters. The Labute approximate surface area is 141 Å². The molecule has 0 fully saturated rings. The maximum absolute atomic E-state index is 12.1. The highest BCUT2D eigenvalue weighted by Gasteiger charge is 2.13. The van der Waals surface area contributed by atoms with Crippen molar-refractivity contribution in [3.05, 3.63) is 45.6 Å². The van der Waals surface area contributed by atoms with Gasteiger partial charge in [0.15, 0.2) is 5.58 Å². The Bertz CT molecular complexity index is 767. The molecule has 1 amide bonds. The summed E-state index contributed by atoms with van der Waals surface area (Å²) in [5.41, 5.74) is 1.54. The molecule has 3 rings (SSSR count). The van der Waals surface area contributed by atoms with Gasteiger partial charge < -0.3 is 9.32 Å². The van der Waals surface area contributed by atoms with E-state index in [2.05, 4.69) is 4.98 Å². The van der Waals surface area contributed by atoms with E-state index in [0.29, 0.717) is 17.5 Å². The van der Waals surface area contributed by atoms with E-state index in [1.807, 2.05) is 36.4 Å². The fourth-order valence-electron chi connectivity index (χ4n) is 1.91. The Morgan fingerprint density at radius 2 is 2.18 bits per heavy atom. The summed E-state index contributed by atoms with van der Waals surface area (Å²) in [6, 6.07) is 11.3. The van der Waals surface area contributed by atoms with E-state index in [1.54, 1.807) is 11.9 Å². The summed E-state index contributed by atoms with van der Waals surface area (Å²) >= 11 is 8.69. The van der Waals surface area contributed by atoms with Crippen molar-refractivity contribution in [1.29, 1.82) is 0 Å². The molecular weight excluding hydrogens is 340 g/mol. The van der Waals surface area contributed by atoms with Crippen LogP contribution in [0.1, 0.15) is 4.88 Å². The van der Waals surface area contributed by atoms with Gasteiger partial charge >= 0.3 is 0 Å². The summed E-state index contributed by atoms with van der Waals surface area (Å²) in [6.45, 7) is 0.560. The van der Waals surface area contributed by atoms with E-state index in [-0.39, 0.29) is 5.91 Å². The van der Waals surface area contributed by atoms with Crippen molar-refractivity contribution in [1.82, 2.24) is 9.88 Å². The predicted molar refractivity (Wildman–Crippen MR) is 90.5 cm³/mol. The minimum atomic E-state index is 0.0248. The lowest BCUT2D eigenvalue weighted by Gasteiger charge is -2.15. The molecule has 2 aromatic heterocycles. The molecule has 0 radical (unpaired) electrons. The second-order valence-corrected chi connectivity index (χ2v) is 7.42. The first-order chi connectivity index (χ1) is 10.6. The summed E-state index contributed by atoms with van der Waals surface area (Å²) in [6.07, 6.45) is 0. The van der Waals surface area contributed by atoms with Crippen LogP contribution in [0.2, 0.25) is 4.34 Å². The molecule has 3 aromatic rings. The number of aromatic nitrogens is 1. The van der Waals surface area contributed by atoms with Crippen LogP contribution in [0.3, 0.4) is 0 Å². The number of hydrogen-bond donors (Lipinski definition) is 0. The van der Waals surface area contributed by atoms with Crippen LogP contribution < -0.4 is 0 Å². The van der Waals surface area contributed by atoms with Gasteiger partial charge in [-0.25, -0.2) is 4.98 Å². The van der Waals surface area contributed by atoms with Gasteiger partial charge in [0.2, 0.25) is 5.91 Å². The Hall–Kier alpha value is -1.50. The number of oxazole rings is 1. The van der Waals surface area contributed by atoms with Crippen LogP contribution >= 0.6 is 34.7 Å². The number of thioether (sulfide) groups is 1. The van der Waals surface area contributed by atoms with E-state index < -0.39 is 0 Å². The number of hydrogen-bond acceptors (Lipinski definition) is 5. The second kappa shape index (κ2) is 6.73. The van der Waals surface area contributed by atoms with Crippen molar-refractivity contribution in [3.63, 3.8) is 0 Å². The van der Waals surface area contributed by atoms with Crippen molar-refractivity contribution < 1.29 is 9.21 Å². The van der Waals surface area contributed by atoms with Crippen molar-refractivity contribution in [2.45, 2.75) is 11.8 Å². The topological polar surface area (TPSA) is 46.3 Å². The van der Waals surface area contributed by atoms with Crippen molar-refractivity contribution >= 4 is 51.7 Å². The molecule has 0 aliphatic heterocycles. The quantitative estimate of drug-likeness (QED) is 0.642. The van der Waals surface area contributed by atoms with Gasteiger partial charge in [0.05, 0.1) is 16.6 Å². The average Bonchev–Trinajstić information content (AvgIpc) is 3.10. The Balaban J connectivity index is 1.57. The highest BCUT2D eigenvalue weighted by atomic mass is 35.5. The monoisotopic (exact) mass is 352 g/mol. The lowest BCUT2D eigenvalue weighted by Crippen LogP contribution is -2.27. The molecule has 0 aliphatic rings. The molecular formula is C15H13ClN2O2S2. The van der Waals surface area contributed by atoms with E-state index >= 15 is 0 Å². The van der Waals surface area contributed by atoms with Crippen LogP contribution in [0.4, 0.5) is 0 Å². The molecule has 0 aliphatic carbocycles. The molecule has 0 atom stereocenters. The maximum atomic E-state index is 12.1. The largest absolute Gasteiger partial charge is 0.431 e. The third kappa shape index (κ3) is 3.63. The number of fused-ring (bicyclic) bond motifs is 1. The van der Waals surface area contributed by atoms with Gasteiger partial charge in [0.25, 0.3) is 5.22 Å². The lowest BCUT2D eigenvalue weighted by molar-refractivity contribution is -0.127. The fourth-order valence-corrected chi connectivity index (χ4v) is 3.83. The number of thiophene rings is 1. The minimum absolute atomic E-state index is 0.0248. The van der Waals surface area contributed by atoms with Crippen LogP contribution in [-0.2, 0) is 11.3 Å². The van der Waals surface area contributed by atoms with E-state index in [0.717, 1.165) is 20.3 Å². The summed E-state index contributed by atoms with van der Waals surface area (Å²) < 4.78 is 6.32. The van der Waals surface area contributed by atoms with Gasteiger partial charge in [0, 0.05) is 11.9 Å². The van der Waals surface area contributed by atoms with E-state index in [1.165, 1.54) is 23.1 Å². The van der Waals surface area contributed by atoms with E-state index in [4.69, 9.17) is 16.0 Å². The second-order valence-electron chi connectivity index (χ2n) is 4.69. The fraction of sp³-hybridized carbons (Fsp3) is 0.200. The molecule has 7 heteroatoms. The highest BCUT2D eigenvalue weighted by Crippen LogP contribution is 2.25. The molecule has 4 nitrogen and oxygen atoms in total. The van der Waals surface area contributed by atoms with Crippen LogP contribution in [0.25, 0.3) is 11.1 Å². The van der Waals surface area contributed by atoms with Gasteiger partial charge in [-0.1, -0.05) is 35.5 Å². The van der Waals surface area contributed by atoms with Crippen LogP contribution in [0.5, 0.6) is 0 Å². The van der Waals surface area contributed by atoms with Crippen molar-refractivity contribution in [2.24, 2.45) is 0 Å². The van der Waals surface area contributed by atoms with Crippen molar-refractivity contribution in [2.75, 3.05) is 12.8 Å². The number of nitrogens with zero attached hydrogens (tertiary/aromatic N) is 2. The highest BCUT2D eigenvalue weighted by molar-refractivity contribution is 7.99. The van der Waals surface area contributed by atoms with Crippen molar-refractivity contribution in [3.8, 4) is 0 Å². The van der Waals surface area contributed by atoms with Gasteiger partial charge in [0.1, 0.15) is 5.52 Å². The van der Waals surface area contributed by atoms with Gasteiger partial charge in [-0.2, -0.15) is 0 Å². The number of para-hydroxylation sites is 2. The number of rotatable bonds is 5. The molecule has 0 bridgehead atoms. The number of benzene rings is 1. The predicted octanol–water partition coefficient (Wildman–Crippen LogP) is 4.29. The number of carbonyl (C=O) groups excluding carboxylic acids is 1. The first kappa shape index (κ1) is 15.4. The Kier molecular flexibility index (Phi) is 4.71. The molecule has 0 spiro atoms. The van der Waals surface area contributed by atoms with Gasteiger partial charge in [-0.3, -0.25) is 4.79 Å². The zero-order valence-electron chi connectivity index (χ0n) is 11.8. The zero-order valence-corrected chi connectivity index (χ0v) is 14.2. The van der Waals surface area contributed by atoms with Crippen LogP contribution in [-0.4, -0.2) is 28.6 Å². The molecule has 1 aromatic carbocycles. The third-order valence-electron chi connectivity index (χ3n) is 3.04. The molecule has 114 valence electrons. The SMILES string of the molecule is CN(Cc1ccc(Cl)s1)C(=O)CSc1nc2ccccc2o1. The first-order valence-corrected chi connectivity index (χ1v) is 8.76. The van der Waals surface area contributed by atoms with E-state index in [9.17, 15) is 4.79 Å². The number of halogens is 1. The zero-order chi connectivity index (χ0) is 15.5. The summed E-state index contributed by atoms with van der Waals surface area (Å²) in [4.78, 5) is 19.2. The smallest absolute Gasteiger partial charge is 0.257 e. The molecule has 2 heterocycles. The maximum Gasteiger partial charge on any atom is 0.257 e. The molecule has 0 N–H and O–H groups in total. The standard InChI is InChI=1S/C15H13ClN2O2S2/c1-18(8-10-6-7-13(16)22-10)14(19)9-21-15-17-11-4-2-3-5-12(11)20-15/h2-7H,8-9H2,1H3. The number of amides is 1. The summed E-state index contributed by atoms with van der Waals surface area (Å²) in [5, 5.41) is 0.516. The average molecular weight is 353 g/mol. The van der Waals surface area contributed by atoms with Gasteiger partial charge in [-0.05, 0) is 24.3 Å². The van der Waals surface area contributed by atoms with Crippen LogP contribution in [0.15, 0.2) is 46.0 Å². The third-order valence-corrected chi connectivity index (χ3v) is 5.07. The Morgan fingerprint density at radius 3 is 2.91 bits per heavy atom. The minimum Gasteiger partial charge on any atom is -0.431 e. The number of carbonyl (C=O) groups is 1. The summed E-state index contributed by atoms with van der Waals surface area (Å²) in [7, 11) is 1.78. The van der Waals surface area contributed by atoms with Crippen LogP contribution in [0, 0.1) is 0 Å². The molecule has 22 heavy (non-hydrogen) atoms. The Morgan fingerprint density at radius 1 is 1.36 bits per heavy atom. The van der Waals surface area contributed by atoms with Gasteiger partial charge in [-0.15, -0.1) is 11.3 Å². The lowest BCUT2D eigenvalue weighted by atomic mass is 10.3. The normalized spacial score (nSPS) is 11.0.